The number of ketones is 1. The first-order valence-corrected chi connectivity index (χ1v) is 7.99. The normalized spacial score (nSPS) is 11.4. The second-order valence-electron chi connectivity index (χ2n) is 5.12. The third-order valence-electron chi connectivity index (χ3n) is 3.39. The molecule has 2 aromatic rings. The predicted molar refractivity (Wildman–Crippen MR) is 94.1 cm³/mol. The maximum Gasteiger partial charge on any atom is 0.224 e. The average molecular weight is 361 g/mol. The fraction of sp³-hybridized carbons (Fsp3) is 0.167. The maximum atomic E-state index is 12.2. The van der Waals surface area contributed by atoms with E-state index in [0.29, 0.717) is 21.3 Å². The molecule has 1 N–H and O–H groups in total. The molecule has 2 aromatic carbocycles. The molecule has 4 nitrogen and oxygen atoms in total. The third kappa shape index (κ3) is 4.82. The van der Waals surface area contributed by atoms with Crippen molar-refractivity contribution in [3.05, 3.63) is 64.1 Å². The van der Waals surface area contributed by atoms with Crippen LogP contribution in [0.15, 0.2) is 48.5 Å². The molecule has 0 aromatic heterocycles. The van der Waals surface area contributed by atoms with Crippen LogP contribution in [0, 0.1) is 11.3 Å². The average Bonchev–Trinajstić information content (AvgIpc) is 2.58. The molecule has 0 spiro atoms. The van der Waals surface area contributed by atoms with Gasteiger partial charge in [0.25, 0.3) is 0 Å². The van der Waals surface area contributed by atoms with Gasteiger partial charge in [0.05, 0.1) is 16.1 Å². The summed E-state index contributed by atoms with van der Waals surface area (Å²) in [6.45, 7) is 0. The lowest BCUT2D eigenvalue weighted by Gasteiger charge is -2.09. The van der Waals surface area contributed by atoms with E-state index in [2.05, 4.69) is 5.32 Å². The predicted octanol–water partition coefficient (Wildman–Crippen LogP) is 4.59. The number of nitriles is 1. The fourth-order valence-electron chi connectivity index (χ4n) is 2.16. The van der Waals surface area contributed by atoms with Crippen LogP contribution in [0.4, 0.5) is 5.69 Å². The van der Waals surface area contributed by atoms with E-state index >= 15 is 0 Å². The van der Waals surface area contributed by atoms with Crippen molar-refractivity contribution in [3.63, 3.8) is 0 Å². The summed E-state index contributed by atoms with van der Waals surface area (Å²) in [5.41, 5.74) is 1.14. The van der Waals surface area contributed by atoms with Gasteiger partial charge in [-0.1, -0.05) is 53.5 Å². The molecule has 1 amide bonds. The lowest BCUT2D eigenvalue weighted by Crippen LogP contribution is -2.16. The quantitative estimate of drug-likeness (QED) is 0.818. The number of hydrogen-bond donors (Lipinski definition) is 1. The standard InChI is InChI=1S/C18H14Cl2N2O2/c19-15-7-6-13(10-16(15)20)22-18(24)9-8-17(23)14(11-21)12-4-2-1-3-5-12/h1-7,10,14H,8-9H2,(H,22,24)/t14-/m0/s1. The molecule has 0 aliphatic rings. The van der Waals surface area contributed by atoms with E-state index in [9.17, 15) is 14.9 Å². The van der Waals surface area contributed by atoms with Crippen LogP contribution in [0.25, 0.3) is 0 Å². The van der Waals surface area contributed by atoms with Gasteiger partial charge in [-0.25, -0.2) is 0 Å². The molecule has 24 heavy (non-hydrogen) atoms. The lowest BCUT2D eigenvalue weighted by molar-refractivity contribution is -0.123. The van der Waals surface area contributed by atoms with Crippen molar-refractivity contribution in [1.29, 1.82) is 5.26 Å². The number of anilines is 1. The van der Waals surface area contributed by atoms with Crippen molar-refractivity contribution in [3.8, 4) is 6.07 Å². The Labute approximate surface area is 150 Å². The summed E-state index contributed by atoms with van der Waals surface area (Å²) in [5, 5.41) is 12.6. The van der Waals surface area contributed by atoms with Crippen LogP contribution in [0.1, 0.15) is 24.3 Å². The highest BCUT2D eigenvalue weighted by molar-refractivity contribution is 6.42. The van der Waals surface area contributed by atoms with Crippen LogP contribution >= 0.6 is 23.2 Å². The van der Waals surface area contributed by atoms with Crippen molar-refractivity contribution in [1.82, 2.24) is 0 Å². The van der Waals surface area contributed by atoms with Crippen molar-refractivity contribution in [2.24, 2.45) is 0 Å². The van der Waals surface area contributed by atoms with E-state index in [1.807, 2.05) is 12.1 Å². The lowest BCUT2D eigenvalue weighted by atomic mass is 9.93. The molecule has 0 saturated carbocycles. The Kier molecular flexibility index (Phi) is 6.36. The second-order valence-corrected chi connectivity index (χ2v) is 5.93. The topological polar surface area (TPSA) is 70.0 Å². The van der Waals surface area contributed by atoms with Crippen LogP contribution in [-0.2, 0) is 9.59 Å². The zero-order chi connectivity index (χ0) is 17.5. The van der Waals surface area contributed by atoms with Crippen molar-refractivity contribution in [2.75, 3.05) is 5.32 Å². The summed E-state index contributed by atoms with van der Waals surface area (Å²) < 4.78 is 0. The number of nitrogens with one attached hydrogen (secondary N) is 1. The number of Topliss-reactive ketones (excluding diaryl/α,β-unsaturated/α-hetero) is 1. The Balaban J connectivity index is 1.92. The van der Waals surface area contributed by atoms with Crippen LogP contribution in [0.2, 0.25) is 10.0 Å². The van der Waals surface area contributed by atoms with Crippen LogP contribution in [0.3, 0.4) is 0 Å². The number of halogens is 2. The van der Waals surface area contributed by atoms with E-state index in [1.54, 1.807) is 36.4 Å². The van der Waals surface area contributed by atoms with E-state index < -0.39 is 5.92 Å². The second kappa shape index (κ2) is 8.49. The molecule has 122 valence electrons. The first-order valence-electron chi connectivity index (χ1n) is 7.23. The van der Waals surface area contributed by atoms with Gasteiger partial charge in [-0.2, -0.15) is 5.26 Å². The molecular formula is C18H14Cl2N2O2. The highest BCUT2D eigenvalue weighted by Crippen LogP contribution is 2.25. The first-order chi connectivity index (χ1) is 11.5. The Bertz CT molecular complexity index is 785. The minimum Gasteiger partial charge on any atom is -0.326 e. The van der Waals surface area contributed by atoms with Gasteiger partial charge in [-0.3, -0.25) is 9.59 Å². The van der Waals surface area contributed by atoms with Gasteiger partial charge in [0.2, 0.25) is 5.91 Å². The monoisotopic (exact) mass is 360 g/mol. The molecule has 0 bridgehead atoms. The largest absolute Gasteiger partial charge is 0.326 e. The summed E-state index contributed by atoms with van der Waals surface area (Å²) in [7, 11) is 0. The van der Waals surface area contributed by atoms with Gasteiger partial charge >= 0.3 is 0 Å². The Hall–Kier alpha value is -2.35. The van der Waals surface area contributed by atoms with Gasteiger partial charge in [-0.05, 0) is 23.8 Å². The van der Waals surface area contributed by atoms with Gasteiger partial charge < -0.3 is 5.32 Å². The maximum absolute atomic E-state index is 12.2. The summed E-state index contributed by atoms with van der Waals surface area (Å²) in [6.07, 6.45) is -0.0234. The number of rotatable bonds is 6. The number of nitrogens with zero attached hydrogens (tertiary/aromatic N) is 1. The number of carbonyl (C=O) groups excluding carboxylic acids is 2. The molecule has 0 saturated heterocycles. The zero-order valence-electron chi connectivity index (χ0n) is 12.6. The van der Waals surface area contributed by atoms with Crippen LogP contribution < -0.4 is 5.32 Å². The molecule has 0 heterocycles. The number of amides is 1. The summed E-state index contributed by atoms with van der Waals surface area (Å²) in [5.74, 6) is -1.47. The van der Waals surface area contributed by atoms with Crippen molar-refractivity contribution in [2.45, 2.75) is 18.8 Å². The van der Waals surface area contributed by atoms with E-state index in [4.69, 9.17) is 23.2 Å². The van der Waals surface area contributed by atoms with Gasteiger partial charge in [0.1, 0.15) is 5.92 Å². The first kappa shape index (κ1) is 18.0. The molecule has 0 aliphatic carbocycles. The highest BCUT2D eigenvalue weighted by atomic mass is 35.5. The number of benzene rings is 2. The molecule has 0 aliphatic heterocycles. The van der Waals surface area contributed by atoms with Crippen LogP contribution in [0.5, 0.6) is 0 Å². The molecule has 0 unspecified atom stereocenters. The molecular weight excluding hydrogens is 347 g/mol. The molecule has 0 radical (unpaired) electrons. The van der Waals surface area contributed by atoms with E-state index in [1.165, 1.54) is 6.07 Å². The van der Waals surface area contributed by atoms with Crippen molar-refractivity contribution >= 4 is 40.6 Å². The van der Waals surface area contributed by atoms with Crippen LogP contribution in [-0.4, -0.2) is 11.7 Å². The van der Waals surface area contributed by atoms with Crippen molar-refractivity contribution < 1.29 is 9.59 Å². The smallest absolute Gasteiger partial charge is 0.224 e. The molecule has 0 fully saturated rings. The Morgan fingerprint density at radius 2 is 1.75 bits per heavy atom. The van der Waals surface area contributed by atoms with Gasteiger partial charge in [0.15, 0.2) is 5.78 Å². The summed E-state index contributed by atoms with van der Waals surface area (Å²) >= 11 is 11.7. The number of carbonyl (C=O) groups is 2. The summed E-state index contributed by atoms with van der Waals surface area (Å²) in [4.78, 5) is 24.1. The zero-order valence-corrected chi connectivity index (χ0v) is 14.1. The third-order valence-corrected chi connectivity index (χ3v) is 4.12. The SMILES string of the molecule is N#C[C@H](C(=O)CCC(=O)Nc1ccc(Cl)c(Cl)c1)c1ccccc1. The van der Waals surface area contributed by atoms with E-state index in [0.717, 1.165) is 0 Å². The minimum atomic E-state index is -0.857. The highest BCUT2D eigenvalue weighted by Gasteiger charge is 2.20. The summed E-state index contributed by atoms with van der Waals surface area (Å²) in [6, 6.07) is 15.5. The van der Waals surface area contributed by atoms with Gasteiger partial charge in [-0.15, -0.1) is 0 Å². The Morgan fingerprint density at radius 1 is 1.04 bits per heavy atom. The molecule has 6 heteroatoms. The molecule has 2 rings (SSSR count). The number of hydrogen-bond acceptors (Lipinski definition) is 3. The Morgan fingerprint density at radius 3 is 2.38 bits per heavy atom. The van der Waals surface area contributed by atoms with Gasteiger partial charge in [0, 0.05) is 18.5 Å². The molecule has 1 atom stereocenters. The van der Waals surface area contributed by atoms with E-state index in [-0.39, 0.29) is 24.5 Å². The minimum absolute atomic E-state index is 0.00983. The fourth-order valence-corrected chi connectivity index (χ4v) is 2.45.